The molecule has 10 heavy (non-hydrogen) atoms. The smallest absolute Gasteiger partial charge is 0.343 e. The molecular weight excluding hydrogens is 130 g/mol. The van der Waals surface area contributed by atoms with Crippen molar-refractivity contribution in [3.05, 3.63) is 5.57 Å². The van der Waals surface area contributed by atoms with Gasteiger partial charge < -0.3 is 4.74 Å². The van der Waals surface area contributed by atoms with Crippen LogP contribution in [0.25, 0.3) is 0 Å². The van der Waals surface area contributed by atoms with E-state index >= 15 is 0 Å². The first-order valence-corrected chi connectivity index (χ1v) is 3.21. The Balaban J connectivity index is 4.04. The van der Waals surface area contributed by atoms with E-state index in [1.165, 1.54) is 0 Å². The summed E-state index contributed by atoms with van der Waals surface area (Å²) in [5.74, 6) is 1.60. The van der Waals surface area contributed by atoms with Crippen molar-refractivity contribution >= 4 is 11.8 Å². The first-order chi connectivity index (χ1) is 4.76. The molecule has 0 heterocycles. The number of hydrogen-bond acceptors (Lipinski definition) is 3. The van der Waals surface area contributed by atoms with Crippen LogP contribution in [0, 0.1) is 5.41 Å². The molecule has 0 aromatic rings. The molecule has 0 atom stereocenters. The fourth-order valence-electron chi connectivity index (χ4n) is 0.502. The van der Waals surface area contributed by atoms with Crippen LogP contribution in [0.15, 0.2) is 5.57 Å². The lowest BCUT2D eigenvalue weighted by Gasteiger charge is -1.98. The van der Waals surface area contributed by atoms with Crippen molar-refractivity contribution in [1.29, 1.82) is 5.41 Å². The summed E-state index contributed by atoms with van der Waals surface area (Å²) in [6.45, 7) is 3.87. The maximum atomic E-state index is 10.8. The highest BCUT2D eigenvalue weighted by atomic mass is 16.5. The Morgan fingerprint density at radius 2 is 2.20 bits per heavy atom. The number of carbonyl (C=O) groups excluding carboxylic acids is 1. The molecule has 0 unspecified atom stereocenters. The molecule has 0 aromatic carbocycles. The van der Waals surface area contributed by atoms with Gasteiger partial charge in [0.1, 0.15) is 0 Å². The van der Waals surface area contributed by atoms with Crippen molar-refractivity contribution in [2.45, 2.75) is 20.3 Å². The molecule has 0 aliphatic heterocycles. The SMILES string of the molecule is CCOC(=O)C(=C=N)CC. The molecule has 0 aromatic heterocycles. The minimum atomic E-state index is -0.431. The predicted octanol–water partition coefficient (Wildman–Crippen LogP) is 1.13. The van der Waals surface area contributed by atoms with E-state index in [1.54, 1.807) is 13.8 Å². The highest BCUT2D eigenvalue weighted by Crippen LogP contribution is 1.97. The van der Waals surface area contributed by atoms with Gasteiger partial charge in [-0.15, -0.1) is 0 Å². The van der Waals surface area contributed by atoms with Gasteiger partial charge in [0.2, 0.25) is 0 Å². The second-order valence-electron chi connectivity index (χ2n) is 1.68. The molecular formula is C7H11NO2. The lowest BCUT2D eigenvalue weighted by Crippen LogP contribution is -2.07. The van der Waals surface area contributed by atoms with E-state index in [0.717, 1.165) is 0 Å². The summed E-state index contributed by atoms with van der Waals surface area (Å²) >= 11 is 0. The average Bonchev–Trinajstić information content (AvgIpc) is 1.91. The third-order valence-electron chi connectivity index (χ3n) is 1.03. The molecule has 3 heteroatoms. The molecule has 0 bridgehead atoms. The summed E-state index contributed by atoms with van der Waals surface area (Å²) in [5, 5.41) is 6.68. The molecule has 0 aliphatic rings. The molecule has 56 valence electrons. The molecule has 0 amide bonds. The zero-order chi connectivity index (χ0) is 7.98. The van der Waals surface area contributed by atoms with E-state index in [-0.39, 0.29) is 0 Å². The largest absolute Gasteiger partial charge is 0.462 e. The normalized spacial score (nSPS) is 8.20. The summed E-state index contributed by atoms with van der Waals surface area (Å²) in [7, 11) is 0. The number of esters is 1. The van der Waals surface area contributed by atoms with Crippen molar-refractivity contribution in [3.63, 3.8) is 0 Å². The minimum Gasteiger partial charge on any atom is -0.462 e. The van der Waals surface area contributed by atoms with Gasteiger partial charge in [0, 0.05) is 0 Å². The Morgan fingerprint density at radius 1 is 1.60 bits per heavy atom. The Kier molecular flexibility index (Phi) is 4.25. The number of nitrogens with one attached hydrogen (secondary N) is 1. The van der Waals surface area contributed by atoms with Crippen LogP contribution in [0.5, 0.6) is 0 Å². The van der Waals surface area contributed by atoms with Crippen LogP contribution in [0.3, 0.4) is 0 Å². The highest BCUT2D eigenvalue weighted by Gasteiger charge is 2.06. The maximum Gasteiger partial charge on any atom is 0.343 e. The van der Waals surface area contributed by atoms with Crippen molar-refractivity contribution in [2.75, 3.05) is 6.61 Å². The summed E-state index contributed by atoms with van der Waals surface area (Å²) in [6.07, 6.45) is 0.502. The predicted molar refractivity (Wildman–Crippen MR) is 38.2 cm³/mol. The zero-order valence-corrected chi connectivity index (χ0v) is 6.23. The lowest BCUT2D eigenvalue weighted by molar-refractivity contribution is -0.138. The third kappa shape index (κ3) is 2.46. The van der Waals surface area contributed by atoms with Gasteiger partial charge in [-0.2, -0.15) is 0 Å². The van der Waals surface area contributed by atoms with E-state index in [1.807, 2.05) is 5.87 Å². The van der Waals surface area contributed by atoms with Gasteiger partial charge in [0.25, 0.3) is 0 Å². The quantitative estimate of drug-likeness (QED) is 0.364. The molecule has 0 saturated heterocycles. The van der Waals surface area contributed by atoms with Crippen LogP contribution in [-0.4, -0.2) is 18.4 Å². The molecule has 0 radical (unpaired) electrons. The Morgan fingerprint density at radius 3 is 2.50 bits per heavy atom. The molecule has 0 aliphatic carbocycles. The first-order valence-electron chi connectivity index (χ1n) is 3.21. The van der Waals surface area contributed by atoms with Crippen LogP contribution in [0.2, 0.25) is 0 Å². The van der Waals surface area contributed by atoms with E-state index in [0.29, 0.717) is 18.6 Å². The summed E-state index contributed by atoms with van der Waals surface area (Å²) in [4.78, 5) is 10.8. The minimum absolute atomic E-state index is 0.293. The van der Waals surface area contributed by atoms with E-state index < -0.39 is 5.97 Å². The summed E-state index contributed by atoms with van der Waals surface area (Å²) in [5.41, 5.74) is 0.293. The third-order valence-corrected chi connectivity index (χ3v) is 1.03. The van der Waals surface area contributed by atoms with Crippen LogP contribution in [0.4, 0.5) is 0 Å². The van der Waals surface area contributed by atoms with Crippen molar-refractivity contribution in [1.82, 2.24) is 0 Å². The van der Waals surface area contributed by atoms with Gasteiger partial charge in [-0.25, -0.2) is 4.79 Å². The van der Waals surface area contributed by atoms with Crippen molar-refractivity contribution < 1.29 is 9.53 Å². The van der Waals surface area contributed by atoms with Crippen LogP contribution in [0.1, 0.15) is 20.3 Å². The standard InChI is InChI=1S/C7H11NO2/c1-3-6(5-8)7(9)10-4-2/h8H,3-4H2,1-2H3. The number of rotatable bonds is 3. The summed E-state index contributed by atoms with van der Waals surface area (Å²) < 4.78 is 4.63. The Bertz CT molecular complexity index is 168. The molecule has 3 nitrogen and oxygen atoms in total. The van der Waals surface area contributed by atoms with Crippen molar-refractivity contribution in [2.24, 2.45) is 0 Å². The monoisotopic (exact) mass is 141 g/mol. The summed E-state index contributed by atoms with van der Waals surface area (Å²) in [6, 6.07) is 0. The number of hydrogen-bond donors (Lipinski definition) is 1. The van der Waals surface area contributed by atoms with E-state index in [9.17, 15) is 4.79 Å². The second kappa shape index (κ2) is 4.77. The molecule has 1 N–H and O–H groups in total. The van der Waals surface area contributed by atoms with Gasteiger partial charge in [0.05, 0.1) is 12.2 Å². The van der Waals surface area contributed by atoms with Crippen LogP contribution >= 0.6 is 0 Å². The Hall–Kier alpha value is -1.08. The number of carbonyl (C=O) groups is 1. The van der Waals surface area contributed by atoms with E-state index in [4.69, 9.17) is 5.41 Å². The molecule has 0 rings (SSSR count). The highest BCUT2D eigenvalue weighted by molar-refractivity contribution is 5.96. The van der Waals surface area contributed by atoms with Crippen LogP contribution in [-0.2, 0) is 9.53 Å². The first kappa shape index (κ1) is 8.92. The molecule has 0 saturated carbocycles. The second-order valence-corrected chi connectivity index (χ2v) is 1.68. The molecule has 0 spiro atoms. The zero-order valence-electron chi connectivity index (χ0n) is 6.23. The van der Waals surface area contributed by atoms with Gasteiger partial charge in [0.15, 0.2) is 0 Å². The fourth-order valence-corrected chi connectivity index (χ4v) is 0.502. The van der Waals surface area contributed by atoms with E-state index in [2.05, 4.69) is 4.74 Å². The van der Waals surface area contributed by atoms with Gasteiger partial charge in [-0.1, -0.05) is 6.92 Å². The molecule has 0 fully saturated rings. The lowest BCUT2D eigenvalue weighted by atomic mass is 10.2. The fraction of sp³-hybridized carbons (Fsp3) is 0.571. The van der Waals surface area contributed by atoms with Crippen molar-refractivity contribution in [3.8, 4) is 0 Å². The van der Waals surface area contributed by atoms with Gasteiger partial charge >= 0.3 is 5.97 Å². The number of ether oxygens (including phenoxy) is 1. The maximum absolute atomic E-state index is 10.8. The van der Waals surface area contributed by atoms with Gasteiger partial charge in [-0.05, 0) is 19.2 Å². The van der Waals surface area contributed by atoms with Crippen LogP contribution < -0.4 is 0 Å². The topological polar surface area (TPSA) is 50.2 Å². The van der Waals surface area contributed by atoms with Gasteiger partial charge in [-0.3, -0.25) is 5.41 Å². The Labute approximate surface area is 60.2 Å². The average molecular weight is 141 g/mol.